The first-order valence-corrected chi connectivity index (χ1v) is 11.9. The monoisotopic (exact) mass is 446 g/mol. The number of imidazole rings is 1. The number of aromatic nitrogens is 2. The lowest BCUT2D eigenvalue weighted by Gasteiger charge is -2.12. The Morgan fingerprint density at radius 2 is 1.69 bits per heavy atom. The molecule has 0 radical (unpaired) electrons. The van der Waals surface area contributed by atoms with Crippen LogP contribution in [-0.2, 0) is 13.0 Å². The fourth-order valence-corrected chi connectivity index (χ4v) is 4.21. The minimum absolute atomic E-state index is 0.592. The predicted octanol–water partition coefficient (Wildman–Crippen LogP) is 7.65. The van der Waals surface area contributed by atoms with Crippen molar-refractivity contribution in [2.75, 3.05) is 6.61 Å². The van der Waals surface area contributed by atoms with E-state index in [1.165, 1.54) is 11.1 Å². The average molecular weight is 447 g/mol. The van der Waals surface area contributed by atoms with E-state index in [1.54, 1.807) is 0 Å². The summed E-state index contributed by atoms with van der Waals surface area (Å²) in [6, 6.07) is 24.9. The Morgan fingerprint density at radius 3 is 2.47 bits per heavy atom. The lowest BCUT2D eigenvalue weighted by Crippen LogP contribution is -2.07. The summed E-state index contributed by atoms with van der Waals surface area (Å²) in [5.74, 6) is 2.60. The van der Waals surface area contributed by atoms with Crippen LogP contribution in [0, 0.1) is 0 Å². The number of halogens is 1. The molecular formula is C28H31ClN2O. The van der Waals surface area contributed by atoms with E-state index >= 15 is 0 Å². The van der Waals surface area contributed by atoms with Crippen LogP contribution in [0.3, 0.4) is 0 Å². The SMILES string of the molecule is CCC(C)c1ccc(OCCCCn2c(Cc3ccccc3Cl)nc3ccccc32)cc1. The number of ether oxygens (including phenoxy) is 1. The third-order valence-electron chi connectivity index (χ3n) is 6.15. The highest BCUT2D eigenvalue weighted by Crippen LogP contribution is 2.24. The summed E-state index contributed by atoms with van der Waals surface area (Å²) in [7, 11) is 0. The normalized spacial score (nSPS) is 12.2. The summed E-state index contributed by atoms with van der Waals surface area (Å²) >= 11 is 6.41. The first-order chi connectivity index (χ1) is 15.7. The number of hydrogen-bond donors (Lipinski definition) is 0. The molecule has 0 amide bonds. The number of nitrogens with zero attached hydrogens (tertiary/aromatic N) is 2. The van der Waals surface area contributed by atoms with Gasteiger partial charge in [0.1, 0.15) is 11.6 Å². The zero-order chi connectivity index (χ0) is 22.3. The van der Waals surface area contributed by atoms with E-state index in [9.17, 15) is 0 Å². The van der Waals surface area contributed by atoms with Gasteiger partial charge >= 0.3 is 0 Å². The van der Waals surface area contributed by atoms with E-state index < -0.39 is 0 Å². The molecule has 0 aliphatic heterocycles. The fourth-order valence-electron chi connectivity index (χ4n) is 4.01. The molecule has 32 heavy (non-hydrogen) atoms. The Labute approximate surface area is 196 Å². The smallest absolute Gasteiger partial charge is 0.119 e. The largest absolute Gasteiger partial charge is 0.494 e. The highest BCUT2D eigenvalue weighted by atomic mass is 35.5. The predicted molar refractivity (Wildman–Crippen MR) is 134 cm³/mol. The van der Waals surface area contributed by atoms with Gasteiger partial charge in [-0.3, -0.25) is 0 Å². The van der Waals surface area contributed by atoms with Crippen LogP contribution in [0.15, 0.2) is 72.8 Å². The third kappa shape index (κ3) is 5.34. The van der Waals surface area contributed by atoms with Crippen molar-refractivity contribution in [1.82, 2.24) is 9.55 Å². The second-order valence-electron chi connectivity index (χ2n) is 8.37. The molecule has 0 saturated heterocycles. The van der Waals surface area contributed by atoms with E-state index in [-0.39, 0.29) is 0 Å². The van der Waals surface area contributed by atoms with E-state index in [2.05, 4.69) is 66.9 Å². The van der Waals surface area contributed by atoms with Gasteiger partial charge in [-0.15, -0.1) is 0 Å². The van der Waals surface area contributed by atoms with E-state index in [1.807, 2.05) is 24.3 Å². The van der Waals surface area contributed by atoms with Crippen LogP contribution in [0.1, 0.15) is 56.0 Å². The van der Waals surface area contributed by atoms with Crippen molar-refractivity contribution in [2.24, 2.45) is 0 Å². The molecule has 0 aliphatic rings. The first kappa shape index (κ1) is 22.4. The summed E-state index contributed by atoms with van der Waals surface area (Å²) in [5.41, 5.74) is 4.69. The molecule has 166 valence electrons. The Kier molecular flexibility index (Phi) is 7.49. The lowest BCUT2D eigenvalue weighted by atomic mass is 9.99. The number of para-hydroxylation sites is 2. The number of hydrogen-bond acceptors (Lipinski definition) is 2. The minimum atomic E-state index is 0.592. The number of unbranched alkanes of at least 4 members (excludes halogenated alkanes) is 1. The second kappa shape index (κ2) is 10.7. The third-order valence-corrected chi connectivity index (χ3v) is 6.52. The molecule has 3 aromatic carbocycles. The summed E-state index contributed by atoms with van der Waals surface area (Å²) in [6.45, 7) is 6.11. The van der Waals surface area contributed by atoms with E-state index in [4.69, 9.17) is 21.3 Å². The molecule has 4 rings (SSSR count). The van der Waals surface area contributed by atoms with Crippen LogP contribution >= 0.6 is 11.6 Å². The molecule has 1 unspecified atom stereocenters. The van der Waals surface area contributed by atoms with Crippen LogP contribution in [-0.4, -0.2) is 16.2 Å². The van der Waals surface area contributed by atoms with E-state index in [0.717, 1.165) is 66.5 Å². The fraction of sp³-hybridized carbons (Fsp3) is 0.321. The topological polar surface area (TPSA) is 27.1 Å². The Balaban J connectivity index is 1.37. The number of rotatable bonds is 10. The molecule has 0 bridgehead atoms. The molecule has 4 heteroatoms. The van der Waals surface area contributed by atoms with Crippen molar-refractivity contribution in [3.05, 3.63) is 94.8 Å². The standard InChI is InChI=1S/C28H31ClN2O/c1-3-21(2)22-14-16-24(17-15-22)32-19-9-8-18-31-27-13-7-6-12-26(27)30-28(31)20-23-10-4-5-11-25(23)29/h4-7,10-17,21H,3,8-9,18-20H2,1-2H3. The summed E-state index contributed by atoms with van der Waals surface area (Å²) in [5, 5.41) is 0.791. The maximum Gasteiger partial charge on any atom is 0.119 e. The van der Waals surface area contributed by atoms with Gasteiger partial charge in [0, 0.05) is 18.0 Å². The quantitative estimate of drug-likeness (QED) is 0.234. The number of benzene rings is 3. The zero-order valence-corrected chi connectivity index (χ0v) is 19.7. The van der Waals surface area contributed by atoms with Gasteiger partial charge in [0.25, 0.3) is 0 Å². The van der Waals surface area contributed by atoms with Gasteiger partial charge < -0.3 is 9.30 Å². The molecule has 0 N–H and O–H groups in total. The Hall–Kier alpha value is -2.78. The number of aryl methyl sites for hydroxylation is 1. The van der Waals surface area contributed by atoms with Gasteiger partial charge in [-0.25, -0.2) is 4.98 Å². The summed E-state index contributed by atoms with van der Waals surface area (Å²) in [6.07, 6.45) is 3.90. The van der Waals surface area contributed by atoms with Crippen LogP contribution in [0.2, 0.25) is 5.02 Å². The summed E-state index contributed by atoms with van der Waals surface area (Å²) in [4.78, 5) is 4.90. The Bertz CT molecular complexity index is 1150. The molecule has 0 aliphatic carbocycles. The minimum Gasteiger partial charge on any atom is -0.494 e. The van der Waals surface area contributed by atoms with Crippen molar-refractivity contribution < 1.29 is 4.74 Å². The van der Waals surface area contributed by atoms with E-state index in [0.29, 0.717) is 5.92 Å². The van der Waals surface area contributed by atoms with Gasteiger partial charge in [-0.1, -0.05) is 67.9 Å². The molecule has 1 heterocycles. The maximum atomic E-state index is 6.41. The van der Waals surface area contributed by atoms with Gasteiger partial charge in [-0.2, -0.15) is 0 Å². The van der Waals surface area contributed by atoms with Crippen LogP contribution in [0.4, 0.5) is 0 Å². The average Bonchev–Trinajstić information content (AvgIpc) is 3.17. The van der Waals surface area contributed by atoms with Crippen molar-refractivity contribution in [3.8, 4) is 5.75 Å². The van der Waals surface area contributed by atoms with Gasteiger partial charge in [0.15, 0.2) is 0 Å². The molecule has 1 aromatic heterocycles. The van der Waals surface area contributed by atoms with Crippen molar-refractivity contribution >= 4 is 22.6 Å². The second-order valence-corrected chi connectivity index (χ2v) is 8.78. The van der Waals surface area contributed by atoms with Crippen LogP contribution < -0.4 is 4.74 Å². The highest BCUT2D eigenvalue weighted by Gasteiger charge is 2.12. The molecule has 1 atom stereocenters. The zero-order valence-electron chi connectivity index (χ0n) is 18.9. The van der Waals surface area contributed by atoms with Crippen LogP contribution in [0.25, 0.3) is 11.0 Å². The molecule has 3 nitrogen and oxygen atoms in total. The maximum absolute atomic E-state index is 6.41. The molecule has 4 aromatic rings. The highest BCUT2D eigenvalue weighted by molar-refractivity contribution is 6.31. The summed E-state index contributed by atoms with van der Waals surface area (Å²) < 4.78 is 8.31. The van der Waals surface area contributed by atoms with Gasteiger partial charge in [-0.05, 0) is 66.6 Å². The lowest BCUT2D eigenvalue weighted by molar-refractivity contribution is 0.303. The number of fused-ring (bicyclic) bond motifs is 1. The molecule has 0 fully saturated rings. The van der Waals surface area contributed by atoms with Crippen LogP contribution in [0.5, 0.6) is 5.75 Å². The molecule has 0 spiro atoms. The first-order valence-electron chi connectivity index (χ1n) is 11.6. The van der Waals surface area contributed by atoms with Crippen molar-refractivity contribution in [2.45, 2.75) is 52.0 Å². The van der Waals surface area contributed by atoms with Crippen molar-refractivity contribution in [3.63, 3.8) is 0 Å². The van der Waals surface area contributed by atoms with Gasteiger partial charge in [0.2, 0.25) is 0 Å². The van der Waals surface area contributed by atoms with Gasteiger partial charge in [0.05, 0.1) is 17.6 Å². The van der Waals surface area contributed by atoms with Crippen molar-refractivity contribution in [1.29, 1.82) is 0 Å². The Morgan fingerprint density at radius 1 is 0.938 bits per heavy atom. The molecule has 0 saturated carbocycles. The molecular weight excluding hydrogens is 416 g/mol.